The maximum atomic E-state index is 11.0. The monoisotopic (exact) mass is 313 g/mol. The van der Waals surface area contributed by atoms with E-state index in [0.717, 1.165) is 25.2 Å². The lowest BCUT2D eigenvalue weighted by molar-refractivity contribution is -0.384. The highest BCUT2D eigenvalue weighted by Gasteiger charge is 2.69. The van der Waals surface area contributed by atoms with Crippen LogP contribution in [0, 0.1) is 33.3 Å². The SMILES string of the molecule is CCCCCCN1CC2C(C1)C2(C#N)c1cccc([N+](=O)[O-])c1. The predicted octanol–water partition coefficient (Wildman–Crippen LogP) is 3.50. The van der Waals surface area contributed by atoms with Crippen molar-refractivity contribution in [2.45, 2.75) is 38.0 Å². The number of benzene rings is 1. The summed E-state index contributed by atoms with van der Waals surface area (Å²) in [7, 11) is 0. The van der Waals surface area contributed by atoms with Crippen molar-refractivity contribution in [1.29, 1.82) is 5.26 Å². The first-order valence-corrected chi connectivity index (χ1v) is 8.52. The molecule has 2 aliphatic rings. The van der Waals surface area contributed by atoms with Crippen LogP contribution in [0.4, 0.5) is 5.69 Å². The van der Waals surface area contributed by atoms with Crippen LogP contribution >= 0.6 is 0 Å². The molecule has 1 heterocycles. The summed E-state index contributed by atoms with van der Waals surface area (Å²) in [6, 6.07) is 9.14. The molecule has 2 atom stereocenters. The number of nitro benzene ring substituents is 1. The smallest absolute Gasteiger partial charge is 0.269 e. The molecule has 1 saturated carbocycles. The molecule has 0 radical (unpaired) electrons. The van der Waals surface area contributed by atoms with Gasteiger partial charge in [0.15, 0.2) is 0 Å². The number of piperidine rings is 1. The van der Waals surface area contributed by atoms with Crippen molar-refractivity contribution in [3.63, 3.8) is 0 Å². The molecule has 1 aliphatic carbocycles. The fraction of sp³-hybridized carbons (Fsp3) is 0.611. The number of unbranched alkanes of at least 4 members (excludes halogenated alkanes) is 3. The van der Waals surface area contributed by atoms with Crippen LogP contribution in [0.3, 0.4) is 0 Å². The molecule has 0 bridgehead atoms. The van der Waals surface area contributed by atoms with E-state index in [1.54, 1.807) is 12.1 Å². The van der Waals surface area contributed by atoms with Crippen LogP contribution < -0.4 is 0 Å². The number of hydrogen-bond donors (Lipinski definition) is 0. The van der Waals surface area contributed by atoms with Crippen LogP contribution in [0.2, 0.25) is 0 Å². The molecule has 0 aromatic heterocycles. The van der Waals surface area contributed by atoms with E-state index in [2.05, 4.69) is 17.9 Å². The van der Waals surface area contributed by atoms with E-state index in [0.29, 0.717) is 11.8 Å². The van der Waals surface area contributed by atoms with Gasteiger partial charge in [-0.25, -0.2) is 0 Å². The van der Waals surface area contributed by atoms with Gasteiger partial charge in [-0.2, -0.15) is 5.26 Å². The van der Waals surface area contributed by atoms with Gasteiger partial charge in [-0.05, 0) is 18.5 Å². The minimum Gasteiger partial charge on any atom is -0.303 e. The van der Waals surface area contributed by atoms with E-state index < -0.39 is 5.41 Å². The topological polar surface area (TPSA) is 70.2 Å². The van der Waals surface area contributed by atoms with Gasteiger partial charge in [0.25, 0.3) is 5.69 Å². The van der Waals surface area contributed by atoms with Gasteiger partial charge < -0.3 is 4.90 Å². The highest BCUT2D eigenvalue weighted by atomic mass is 16.6. The van der Waals surface area contributed by atoms with Gasteiger partial charge in [0, 0.05) is 37.1 Å². The molecular formula is C18H23N3O2. The minimum absolute atomic E-state index is 0.0820. The normalized spacial score (nSPS) is 29.0. The van der Waals surface area contributed by atoms with E-state index in [4.69, 9.17) is 0 Å². The van der Waals surface area contributed by atoms with Crippen LogP contribution in [0.25, 0.3) is 0 Å². The summed E-state index contributed by atoms with van der Waals surface area (Å²) in [5.74, 6) is 0.668. The molecule has 2 unspecified atom stereocenters. The maximum Gasteiger partial charge on any atom is 0.269 e. The van der Waals surface area contributed by atoms with Gasteiger partial charge in [0.05, 0.1) is 16.4 Å². The number of likely N-dealkylation sites (tertiary alicyclic amines) is 1. The summed E-state index contributed by atoms with van der Waals surface area (Å²) in [6.45, 7) is 5.23. The van der Waals surface area contributed by atoms with Crippen LogP contribution in [-0.4, -0.2) is 29.5 Å². The highest BCUT2D eigenvalue weighted by Crippen LogP contribution is 2.63. The number of nitriles is 1. The Labute approximate surface area is 137 Å². The first-order chi connectivity index (χ1) is 11.1. The van der Waals surface area contributed by atoms with Gasteiger partial charge >= 0.3 is 0 Å². The van der Waals surface area contributed by atoms with Crippen molar-refractivity contribution in [2.75, 3.05) is 19.6 Å². The van der Waals surface area contributed by atoms with Gasteiger partial charge in [0.2, 0.25) is 0 Å². The number of rotatable bonds is 7. The highest BCUT2D eigenvalue weighted by molar-refractivity contribution is 5.50. The molecule has 0 N–H and O–H groups in total. The van der Waals surface area contributed by atoms with E-state index in [9.17, 15) is 15.4 Å². The summed E-state index contributed by atoms with van der Waals surface area (Å²) < 4.78 is 0. The Bertz CT molecular complexity index is 625. The number of nitro groups is 1. The van der Waals surface area contributed by atoms with Crippen LogP contribution in [-0.2, 0) is 5.41 Å². The molecule has 3 rings (SSSR count). The molecule has 0 amide bonds. The lowest BCUT2D eigenvalue weighted by Gasteiger charge is -2.22. The number of non-ortho nitro benzene ring substituents is 1. The van der Waals surface area contributed by atoms with Crippen molar-refractivity contribution in [2.24, 2.45) is 11.8 Å². The van der Waals surface area contributed by atoms with Crippen molar-refractivity contribution < 1.29 is 4.92 Å². The van der Waals surface area contributed by atoms with Crippen LogP contribution in [0.1, 0.15) is 38.2 Å². The van der Waals surface area contributed by atoms with Gasteiger partial charge in [-0.3, -0.25) is 10.1 Å². The number of fused-ring (bicyclic) bond motifs is 1. The standard InChI is InChI=1S/C18H23N3O2/c1-2-3-4-5-9-20-11-16-17(12-20)18(16,13-19)14-7-6-8-15(10-14)21(22)23/h6-8,10,16-17H,2-5,9,11-12H2,1H3. The Balaban J connectivity index is 1.65. The zero-order valence-corrected chi connectivity index (χ0v) is 13.6. The lowest BCUT2D eigenvalue weighted by Crippen LogP contribution is -2.30. The van der Waals surface area contributed by atoms with Crippen molar-refractivity contribution in [3.05, 3.63) is 39.9 Å². The third kappa shape index (κ3) is 2.72. The van der Waals surface area contributed by atoms with Gasteiger partial charge in [0.1, 0.15) is 0 Å². The zero-order valence-electron chi connectivity index (χ0n) is 13.6. The minimum atomic E-state index is -0.494. The Morgan fingerprint density at radius 1 is 1.35 bits per heavy atom. The van der Waals surface area contributed by atoms with Crippen molar-refractivity contribution in [1.82, 2.24) is 4.90 Å². The molecule has 1 aromatic carbocycles. The third-order valence-corrected chi connectivity index (χ3v) is 5.50. The second-order valence-corrected chi connectivity index (χ2v) is 6.82. The number of hydrogen-bond acceptors (Lipinski definition) is 4. The Hall–Kier alpha value is -1.93. The Morgan fingerprint density at radius 2 is 2.09 bits per heavy atom. The van der Waals surface area contributed by atoms with E-state index in [1.165, 1.54) is 31.7 Å². The first kappa shape index (κ1) is 15.9. The van der Waals surface area contributed by atoms with E-state index in [1.807, 2.05) is 6.07 Å². The molecule has 23 heavy (non-hydrogen) atoms. The predicted molar refractivity (Wildman–Crippen MR) is 87.9 cm³/mol. The van der Waals surface area contributed by atoms with E-state index in [-0.39, 0.29) is 10.6 Å². The van der Waals surface area contributed by atoms with Gasteiger partial charge in [-0.15, -0.1) is 0 Å². The molecular weight excluding hydrogens is 290 g/mol. The van der Waals surface area contributed by atoms with Crippen molar-refractivity contribution >= 4 is 5.69 Å². The molecule has 122 valence electrons. The molecule has 1 saturated heterocycles. The molecule has 1 aromatic rings. The quantitative estimate of drug-likeness (QED) is 0.439. The fourth-order valence-electron chi connectivity index (χ4n) is 4.19. The average Bonchev–Trinajstić information content (AvgIpc) is 2.95. The molecule has 5 heteroatoms. The molecule has 2 fully saturated rings. The van der Waals surface area contributed by atoms with Crippen molar-refractivity contribution in [3.8, 4) is 6.07 Å². The first-order valence-electron chi connectivity index (χ1n) is 8.52. The van der Waals surface area contributed by atoms with E-state index >= 15 is 0 Å². The second kappa shape index (κ2) is 6.29. The third-order valence-electron chi connectivity index (χ3n) is 5.50. The summed E-state index contributed by atoms with van der Waals surface area (Å²) >= 11 is 0. The summed E-state index contributed by atoms with van der Waals surface area (Å²) in [4.78, 5) is 13.0. The molecule has 1 aliphatic heterocycles. The Morgan fingerprint density at radius 3 is 2.70 bits per heavy atom. The lowest BCUT2D eigenvalue weighted by atomic mass is 9.91. The fourth-order valence-corrected chi connectivity index (χ4v) is 4.19. The molecule has 5 nitrogen and oxygen atoms in total. The number of nitrogens with zero attached hydrogens (tertiary/aromatic N) is 3. The molecule has 0 spiro atoms. The zero-order chi connectivity index (χ0) is 16.4. The summed E-state index contributed by atoms with van der Waals surface area (Å²) in [5.41, 5.74) is 0.416. The van der Waals surface area contributed by atoms with Gasteiger partial charge in [-0.1, -0.05) is 38.3 Å². The van der Waals surface area contributed by atoms with Crippen LogP contribution in [0.15, 0.2) is 24.3 Å². The summed E-state index contributed by atoms with van der Waals surface area (Å²) in [5, 5.41) is 20.7. The second-order valence-electron chi connectivity index (χ2n) is 6.82. The van der Waals surface area contributed by atoms with Crippen LogP contribution in [0.5, 0.6) is 0 Å². The average molecular weight is 313 g/mol. The maximum absolute atomic E-state index is 11.0. The Kier molecular flexibility index (Phi) is 4.36. The largest absolute Gasteiger partial charge is 0.303 e. The summed E-state index contributed by atoms with van der Waals surface area (Å²) in [6.07, 6.45) is 5.03.